The van der Waals surface area contributed by atoms with E-state index >= 15 is 0 Å². The van der Waals surface area contributed by atoms with Crippen molar-refractivity contribution in [3.63, 3.8) is 0 Å². The number of nitrogens with zero attached hydrogens (tertiary/aromatic N) is 2. The average Bonchev–Trinajstić information content (AvgIpc) is 2.81. The fourth-order valence-corrected chi connectivity index (χ4v) is 3.88. The number of hydrogen-bond donors (Lipinski definition) is 1. The summed E-state index contributed by atoms with van der Waals surface area (Å²) in [7, 11) is 0. The maximum Gasteiger partial charge on any atom is 0.257 e. The van der Waals surface area contributed by atoms with Gasteiger partial charge in [0.15, 0.2) is 0 Å². The van der Waals surface area contributed by atoms with Gasteiger partial charge in [-0.3, -0.25) is 9.59 Å². The van der Waals surface area contributed by atoms with Crippen LogP contribution in [-0.4, -0.2) is 52.9 Å². The van der Waals surface area contributed by atoms with Gasteiger partial charge in [-0.15, -0.1) is 0 Å². The molecule has 1 saturated heterocycles. The highest BCUT2D eigenvalue weighted by atomic mass is 35.5. The SMILES string of the molecule is O=C(c1ccc(Cl)cc1)N1CCN(C(=O)c2cc(Cc3ccccc3)ccc2O)CC1. The Bertz CT molecular complexity index is 1080. The highest BCUT2D eigenvalue weighted by Crippen LogP contribution is 2.23. The molecule has 0 atom stereocenters. The topological polar surface area (TPSA) is 60.9 Å². The van der Waals surface area contributed by atoms with Gasteiger partial charge in [-0.2, -0.15) is 0 Å². The van der Waals surface area contributed by atoms with Gasteiger partial charge in [-0.05, 0) is 53.9 Å². The highest BCUT2D eigenvalue weighted by molar-refractivity contribution is 6.30. The lowest BCUT2D eigenvalue weighted by molar-refractivity contribution is 0.0533. The third-order valence-corrected chi connectivity index (χ3v) is 5.74. The Labute approximate surface area is 186 Å². The average molecular weight is 435 g/mol. The van der Waals surface area contributed by atoms with Crippen molar-refractivity contribution < 1.29 is 14.7 Å². The van der Waals surface area contributed by atoms with Crippen molar-refractivity contribution in [2.45, 2.75) is 6.42 Å². The van der Waals surface area contributed by atoms with Crippen LogP contribution < -0.4 is 0 Å². The van der Waals surface area contributed by atoms with Gasteiger partial charge in [-0.1, -0.05) is 48.0 Å². The summed E-state index contributed by atoms with van der Waals surface area (Å²) < 4.78 is 0. The van der Waals surface area contributed by atoms with E-state index in [0.29, 0.717) is 48.7 Å². The predicted octanol–water partition coefficient (Wildman–Crippen LogP) is 4.23. The summed E-state index contributed by atoms with van der Waals surface area (Å²) in [6.07, 6.45) is 0.685. The molecule has 0 aromatic heterocycles. The third-order valence-electron chi connectivity index (χ3n) is 5.49. The van der Waals surface area contributed by atoms with Crippen LogP contribution in [0.25, 0.3) is 0 Å². The number of benzene rings is 3. The van der Waals surface area contributed by atoms with E-state index in [1.807, 2.05) is 36.4 Å². The second kappa shape index (κ2) is 9.23. The van der Waals surface area contributed by atoms with Crippen molar-refractivity contribution in [1.29, 1.82) is 0 Å². The second-order valence-electron chi connectivity index (χ2n) is 7.61. The number of phenolic OH excluding ortho intramolecular Hbond substituents is 1. The lowest BCUT2D eigenvalue weighted by Crippen LogP contribution is -2.50. The van der Waals surface area contributed by atoms with E-state index in [4.69, 9.17) is 11.6 Å². The van der Waals surface area contributed by atoms with Crippen molar-refractivity contribution in [2.24, 2.45) is 0 Å². The van der Waals surface area contributed by atoms with Gasteiger partial charge >= 0.3 is 0 Å². The van der Waals surface area contributed by atoms with E-state index in [1.54, 1.807) is 46.2 Å². The van der Waals surface area contributed by atoms with Crippen LogP contribution in [0.3, 0.4) is 0 Å². The monoisotopic (exact) mass is 434 g/mol. The molecular formula is C25H23ClN2O3. The lowest BCUT2D eigenvalue weighted by Gasteiger charge is -2.35. The molecule has 0 bridgehead atoms. The Morgan fingerprint density at radius 1 is 0.774 bits per heavy atom. The smallest absolute Gasteiger partial charge is 0.257 e. The predicted molar refractivity (Wildman–Crippen MR) is 121 cm³/mol. The molecule has 0 radical (unpaired) electrons. The number of carbonyl (C=O) groups is 2. The molecule has 158 valence electrons. The van der Waals surface area contributed by atoms with Gasteiger partial charge in [0.2, 0.25) is 0 Å². The Kier molecular flexibility index (Phi) is 6.23. The molecule has 5 nitrogen and oxygen atoms in total. The van der Waals surface area contributed by atoms with Crippen LogP contribution in [0.1, 0.15) is 31.8 Å². The van der Waals surface area contributed by atoms with E-state index < -0.39 is 0 Å². The number of hydrogen-bond acceptors (Lipinski definition) is 3. The number of aromatic hydroxyl groups is 1. The number of halogens is 1. The van der Waals surface area contributed by atoms with Gasteiger partial charge in [-0.25, -0.2) is 0 Å². The van der Waals surface area contributed by atoms with Gasteiger partial charge in [0.1, 0.15) is 5.75 Å². The summed E-state index contributed by atoms with van der Waals surface area (Å²) >= 11 is 5.89. The first-order chi connectivity index (χ1) is 15.0. The van der Waals surface area contributed by atoms with E-state index in [0.717, 1.165) is 11.1 Å². The quantitative estimate of drug-likeness (QED) is 0.668. The Hall–Kier alpha value is -3.31. The summed E-state index contributed by atoms with van der Waals surface area (Å²) in [6.45, 7) is 1.72. The largest absolute Gasteiger partial charge is 0.507 e. The first kappa shape index (κ1) is 20.9. The second-order valence-corrected chi connectivity index (χ2v) is 8.04. The third kappa shape index (κ3) is 4.89. The van der Waals surface area contributed by atoms with Crippen molar-refractivity contribution >= 4 is 23.4 Å². The molecule has 1 fully saturated rings. The fraction of sp³-hybridized carbons (Fsp3) is 0.200. The van der Waals surface area contributed by atoms with Crippen molar-refractivity contribution in [2.75, 3.05) is 26.2 Å². The minimum Gasteiger partial charge on any atom is -0.507 e. The molecule has 1 aliphatic heterocycles. The van der Waals surface area contributed by atoms with E-state index in [1.165, 1.54) is 0 Å². The molecule has 1 N–H and O–H groups in total. The van der Waals surface area contributed by atoms with Crippen LogP contribution in [0.5, 0.6) is 5.75 Å². The van der Waals surface area contributed by atoms with E-state index in [2.05, 4.69) is 0 Å². The van der Waals surface area contributed by atoms with Gasteiger partial charge in [0.25, 0.3) is 11.8 Å². The molecule has 1 aliphatic rings. The number of carbonyl (C=O) groups excluding carboxylic acids is 2. The molecule has 0 unspecified atom stereocenters. The lowest BCUT2D eigenvalue weighted by atomic mass is 10.0. The number of phenols is 1. The van der Waals surface area contributed by atoms with E-state index in [-0.39, 0.29) is 17.6 Å². The molecule has 3 aromatic rings. The van der Waals surface area contributed by atoms with Gasteiger partial charge < -0.3 is 14.9 Å². The zero-order chi connectivity index (χ0) is 21.8. The molecule has 31 heavy (non-hydrogen) atoms. The fourth-order valence-electron chi connectivity index (χ4n) is 3.75. The maximum absolute atomic E-state index is 13.1. The molecule has 0 spiro atoms. The van der Waals surface area contributed by atoms with Crippen LogP contribution in [0.4, 0.5) is 0 Å². The molecule has 3 aromatic carbocycles. The zero-order valence-corrected chi connectivity index (χ0v) is 17.8. The van der Waals surface area contributed by atoms with Crippen LogP contribution in [0, 0.1) is 0 Å². The Morgan fingerprint density at radius 3 is 2.03 bits per heavy atom. The summed E-state index contributed by atoms with van der Waals surface area (Å²) in [6, 6.07) is 22.0. The first-order valence-electron chi connectivity index (χ1n) is 10.2. The van der Waals surface area contributed by atoms with E-state index in [9.17, 15) is 14.7 Å². The Balaban J connectivity index is 1.42. The molecule has 6 heteroatoms. The van der Waals surface area contributed by atoms with Gasteiger partial charge in [0.05, 0.1) is 5.56 Å². The van der Waals surface area contributed by atoms with Crippen molar-refractivity contribution in [1.82, 2.24) is 9.80 Å². The first-order valence-corrected chi connectivity index (χ1v) is 10.6. The summed E-state index contributed by atoms with van der Waals surface area (Å²) in [5.74, 6) is -0.316. The number of amides is 2. The Morgan fingerprint density at radius 2 is 1.39 bits per heavy atom. The standard InChI is InChI=1S/C25H23ClN2O3/c26-21-9-7-20(8-10-21)24(30)27-12-14-28(15-13-27)25(31)22-17-19(6-11-23(22)29)16-18-4-2-1-3-5-18/h1-11,17,29H,12-16H2. The molecule has 2 amide bonds. The molecule has 0 saturated carbocycles. The van der Waals surface area contributed by atoms with Crippen LogP contribution in [-0.2, 0) is 6.42 Å². The molecule has 0 aliphatic carbocycles. The van der Waals surface area contributed by atoms with Gasteiger partial charge in [0, 0.05) is 36.8 Å². The highest BCUT2D eigenvalue weighted by Gasteiger charge is 2.27. The van der Waals surface area contributed by atoms with Crippen LogP contribution >= 0.6 is 11.6 Å². The maximum atomic E-state index is 13.1. The summed E-state index contributed by atoms with van der Waals surface area (Å²) in [5.41, 5.74) is 2.98. The van der Waals surface area contributed by atoms with Crippen molar-refractivity contribution in [3.8, 4) is 5.75 Å². The number of rotatable bonds is 4. The molecule has 1 heterocycles. The minimum atomic E-state index is -0.217. The summed E-state index contributed by atoms with van der Waals surface area (Å²) in [5, 5.41) is 10.9. The minimum absolute atomic E-state index is 0.0264. The van der Waals surface area contributed by atoms with Crippen LogP contribution in [0.2, 0.25) is 5.02 Å². The molecular weight excluding hydrogens is 412 g/mol. The normalized spacial score (nSPS) is 13.8. The summed E-state index contributed by atoms with van der Waals surface area (Å²) in [4.78, 5) is 29.1. The molecule has 4 rings (SSSR count). The van der Waals surface area contributed by atoms with Crippen LogP contribution in [0.15, 0.2) is 72.8 Å². The van der Waals surface area contributed by atoms with Crippen molar-refractivity contribution in [3.05, 3.63) is 100 Å². The zero-order valence-electron chi connectivity index (χ0n) is 17.0. The number of piperazine rings is 1.